The Bertz CT molecular complexity index is 430. The van der Waals surface area contributed by atoms with Crippen LogP contribution in [0.3, 0.4) is 0 Å². The molecule has 0 fully saturated rings. The van der Waals surface area contributed by atoms with Crippen LogP contribution >= 0.6 is 0 Å². The lowest BCUT2D eigenvalue weighted by molar-refractivity contribution is -0.135. The fraction of sp³-hybridized carbons (Fsp3) is 0.182. The molecular weight excluding hydrogens is 216 g/mol. The Labute approximate surface area is 91.7 Å². The van der Waals surface area contributed by atoms with Crippen molar-refractivity contribution in [1.82, 2.24) is 0 Å². The number of carbonyl (C=O) groups excluding carboxylic acids is 1. The molecule has 1 N–H and O–H groups in total. The third-order valence-electron chi connectivity index (χ3n) is 1.89. The zero-order chi connectivity index (χ0) is 12.1. The molecule has 0 aliphatic carbocycles. The van der Waals surface area contributed by atoms with Crippen molar-refractivity contribution < 1.29 is 18.3 Å². The van der Waals surface area contributed by atoms with Gasteiger partial charge >= 0.3 is 5.97 Å². The molecule has 0 bridgehead atoms. The summed E-state index contributed by atoms with van der Waals surface area (Å²) in [5.74, 6) is -2.07. The van der Waals surface area contributed by atoms with Gasteiger partial charge in [0, 0.05) is 6.07 Å². The summed E-state index contributed by atoms with van der Waals surface area (Å²) < 4.78 is 30.3. The average molecular weight is 227 g/mol. The summed E-state index contributed by atoms with van der Waals surface area (Å²) in [7, 11) is 1.22. The second kappa shape index (κ2) is 5.25. The van der Waals surface area contributed by atoms with Crippen molar-refractivity contribution in [3.63, 3.8) is 0 Å². The van der Waals surface area contributed by atoms with Crippen molar-refractivity contribution in [2.75, 3.05) is 12.4 Å². The Morgan fingerprint density at radius 2 is 2.12 bits per heavy atom. The summed E-state index contributed by atoms with van der Waals surface area (Å²) in [6.45, 7) is 1.60. The zero-order valence-corrected chi connectivity index (χ0v) is 8.88. The minimum absolute atomic E-state index is 0.0138. The summed E-state index contributed by atoms with van der Waals surface area (Å²) in [5.41, 5.74) is 0.105. The van der Waals surface area contributed by atoms with E-state index in [0.717, 1.165) is 12.1 Å². The molecule has 1 aromatic rings. The molecule has 0 heterocycles. The first kappa shape index (κ1) is 12.2. The fourth-order valence-corrected chi connectivity index (χ4v) is 1.09. The zero-order valence-electron chi connectivity index (χ0n) is 8.88. The van der Waals surface area contributed by atoms with Gasteiger partial charge < -0.3 is 10.1 Å². The first-order chi connectivity index (χ1) is 7.58. The van der Waals surface area contributed by atoms with E-state index in [9.17, 15) is 13.6 Å². The maximum atomic E-state index is 13.2. The number of carbonyl (C=O) groups is 1. The van der Waals surface area contributed by atoms with Crippen LogP contribution in [0.4, 0.5) is 14.5 Å². The Morgan fingerprint density at radius 3 is 2.62 bits per heavy atom. The second-order valence-corrected chi connectivity index (χ2v) is 2.94. The van der Waals surface area contributed by atoms with E-state index < -0.39 is 17.6 Å². The first-order valence-corrected chi connectivity index (χ1v) is 4.55. The quantitative estimate of drug-likeness (QED) is 0.636. The lowest BCUT2D eigenvalue weighted by Gasteiger charge is -2.09. The topological polar surface area (TPSA) is 38.3 Å². The lowest BCUT2D eigenvalue weighted by Crippen LogP contribution is -2.13. The maximum absolute atomic E-state index is 13.2. The molecule has 0 radical (unpaired) electrons. The Morgan fingerprint density at radius 1 is 1.44 bits per heavy atom. The van der Waals surface area contributed by atoms with Crippen LogP contribution in [-0.4, -0.2) is 13.1 Å². The van der Waals surface area contributed by atoms with E-state index in [2.05, 4.69) is 10.1 Å². The number of rotatable bonds is 3. The fourth-order valence-electron chi connectivity index (χ4n) is 1.09. The van der Waals surface area contributed by atoms with Gasteiger partial charge in [-0.1, -0.05) is 6.08 Å². The number of ether oxygens (including phenoxy) is 1. The molecule has 0 atom stereocenters. The number of hydrogen-bond acceptors (Lipinski definition) is 3. The van der Waals surface area contributed by atoms with Crippen LogP contribution in [0.2, 0.25) is 0 Å². The normalized spacial score (nSPS) is 11.1. The largest absolute Gasteiger partial charge is 0.464 e. The Balaban J connectivity index is 2.91. The van der Waals surface area contributed by atoms with Crippen molar-refractivity contribution in [3.05, 3.63) is 41.6 Å². The van der Waals surface area contributed by atoms with Gasteiger partial charge in [0.1, 0.15) is 17.3 Å². The van der Waals surface area contributed by atoms with Crippen molar-refractivity contribution in [2.24, 2.45) is 0 Å². The molecule has 0 saturated heterocycles. The summed E-state index contributed by atoms with van der Waals surface area (Å²) in [4.78, 5) is 11.2. The van der Waals surface area contributed by atoms with E-state index >= 15 is 0 Å². The third-order valence-corrected chi connectivity index (χ3v) is 1.89. The van der Waals surface area contributed by atoms with E-state index in [-0.39, 0.29) is 11.4 Å². The van der Waals surface area contributed by atoms with Crippen LogP contribution in [0.25, 0.3) is 0 Å². The number of esters is 1. The van der Waals surface area contributed by atoms with Crippen LogP contribution in [0.1, 0.15) is 6.92 Å². The number of nitrogens with one attached hydrogen (secondary N) is 1. The van der Waals surface area contributed by atoms with Crippen LogP contribution < -0.4 is 5.32 Å². The number of halogens is 2. The smallest absolute Gasteiger partial charge is 0.354 e. The predicted octanol–water partition coefficient (Wildman–Crippen LogP) is 2.45. The van der Waals surface area contributed by atoms with Gasteiger partial charge in [0.05, 0.1) is 12.8 Å². The van der Waals surface area contributed by atoms with Crippen LogP contribution in [-0.2, 0) is 9.53 Å². The van der Waals surface area contributed by atoms with Crippen molar-refractivity contribution in [1.29, 1.82) is 0 Å². The molecule has 0 aromatic heterocycles. The molecule has 5 heteroatoms. The van der Waals surface area contributed by atoms with E-state index in [4.69, 9.17) is 0 Å². The number of anilines is 1. The van der Waals surface area contributed by atoms with Crippen molar-refractivity contribution in [3.8, 4) is 0 Å². The summed E-state index contributed by atoms with van der Waals surface area (Å²) >= 11 is 0. The van der Waals surface area contributed by atoms with Gasteiger partial charge in [-0.25, -0.2) is 13.6 Å². The van der Waals surface area contributed by atoms with E-state index in [1.165, 1.54) is 19.3 Å². The molecule has 1 aromatic carbocycles. The Kier molecular flexibility index (Phi) is 3.99. The maximum Gasteiger partial charge on any atom is 0.354 e. The van der Waals surface area contributed by atoms with Crippen molar-refractivity contribution >= 4 is 11.7 Å². The van der Waals surface area contributed by atoms with Gasteiger partial charge in [0.2, 0.25) is 0 Å². The highest BCUT2D eigenvalue weighted by Crippen LogP contribution is 2.17. The van der Waals surface area contributed by atoms with Gasteiger partial charge in [0.25, 0.3) is 0 Å². The number of benzene rings is 1. The van der Waals surface area contributed by atoms with E-state index in [1.807, 2.05) is 0 Å². The SMILES string of the molecule is C/C=C(\Nc1ccc(F)cc1F)C(=O)OC. The summed E-state index contributed by atoms with van der Waals surface area (Å²) in [6.07, 6.45) is 1.44. The van der Waals surface area contributed by atoms with Gasteiger partial charge in [-0.05, 0) is 19.1 Å². The number of methoxy groups -OCH3 is 1. The first-order valence-electron chi connectivity index (χ1n) is 4.55. The van der Waals surface area contributed by atoms with Gasteiger partial charge in [0.15, 0.2) is 0 Å². The van der Waals surface area contributed by atoms with Gasteiger partial charge in [-0.2, -0.15) is 0 Å². The highest BCUT2D eigenvalue weighted by molar-refractivity contribution is 5.91. The summed E-state index contributed by atoms with van der Waals surface area (Å²) in [5, 5.41) is 2.52. The van der Waals surface area contributed by atoms with Crippen LogP contribution in [0, 0.1) is 11.6 Å². The van der Waals surface area contributed by atoms with E-state index in [0.29, 0.717) is 0 Å². The van der Waals surface area contributed by atoms with Crippen LogP contribution in [0.15, 0.2) is 30.0 Å². The second-order valence-electron chi connectivity index (χ2n) is 2.94. The van der Waals surface area contributed by atoms with Crippen molar-refractivity contribution in [2.45, 2.75) is 6.92 Å². The molecule has 0 aliphatic heterocycles. The molecular formula is C11H11F2NO2. The minimum Gasteiger partial charge on any atom is -0.464 e. The highest BCUT2D eigenvalue weighted by atomic mass is 19.1. The molecule has 0 aliphatic rings. The monoisotopic (exact) mass is 227 g/mol. The average Bonchev–Trinajstić information content (AvgIpc) is 2.27. The Hall–Kier alpha value is -1.91. The molecule has 16 heavy (non-hydrogen) atoms. The summed E-state index contributed by atoms with van der Waals surface area (Å²) in [6, 6.07) is 3.03. The van der Waals surface area contributed by atoms with Gasteiger partial charge in [-0.15, -0.1) is 0 Å². The molecule has 0 amide bonds. The molecule has 0 saturated carbocycles. The van der Waals surface area contributed by atoms with Gasteiger partial charge in [-0.3, -0.25) is 0 Å². The minimum atomic E-state index is -0.775. The molecule has 86 valence electrons. The molecule has 1 rings (SSSR count). The molecule has 0 spiro atoms. The van der Waals surface area contributed by atoms with Crippen LogP contribution in [0.5, 0.6) is 0 Å². The predicted molar refractivity (Wildman–Crippen MR) is 55.8 cm³/mol. The number of allylic oxidation sites excluding steroid dienone is 1. The molecule has 0 unspecified atom stereocenters. The standard InChI is InChI=1S/C11H11F2NO2/c1-3-9(11(15)16-2)14-10-5-4-7(12)6-8(10)13/h3-6,14H,1-2H3/b9-3-. The third kappa shape index (κ3) is 2.79. The highest BCUT2D eigenvalue weighted by Gasteiger charge is 2.11. The lowest BCUT2D eigenvalue weighted by atomic mass is 10.2. The molecule has 3 nitrogen and oxygen atoms in total. The number of hydrogen-bond donors (Lipinski definition) is 1. The van der Waals surface area contributed by atoms with E-state index in [1.54, 1.807) is 6.92 Å².